The highest BCUT2D eigenvalue weighted by Crippen LogP contribution is 2.55. The summed E-state index contributed by atoms with van der Waals surface area (Å²) >= 11 is 2.02. The first-order valence-corrected chi connectivity index (χ1v) is 31.7. The monoisotopic (exact) mass is 1110 g/mol. The van der Waals surface area contributed by atoms with Gasteiger partial charge in [0, 0.05) is 54.7 Å². The van der Waals surface area contributed by atoms with E-state index in [-0.39, 0.29) is 44.6 Å². The molecule has 0 spiro atoms. The van der Waals surface area contributed by atoms with E-state index in [1.165, 1.54) is 116 Å². The Morgan fingerprint density at radius 1 is 0.410 bits per heavy atom. The molecule has 0 fully saturated rings. The minimum Gasteiger partial charge on any atom is -0.311 e. The zero-order chi connectivity index (χ0) is 58.7. The largest absolute Gasteiger partial charge is 0.311 e. The van der Waals surface area contributed by atoms with Crippen molar-refractivity contribution in [1.82, 2.24) is 0 Å². The molecular formula is C78H86BN3S. The van der Waals surface area contributed by atoms with Crippen molar-refractivity contribution < 1.29 is 0 Å². The lowest BCUT2D eigenvalue weighted by Crippen LogP contribution is -2.61. The Bertz CT molecular complexity index is 4020. The molecule has 5 heteroatoms. The Kier molecular flexibility index (Phi) is 12.6. The van der Waals surface area contributed by atoms with E-state index >= 15 is 0 Å². The van der Waals surface area contributed by atoms with Crippen LogP contribution in [0, 0.1) is 0 Å². The van der Waals surface area contributed by atoms with Crippen molar-refractivity contribution in [3.63, 3.8) is 0 Å². The van der Waals surface area contributed by atoms with Crippen LogP contribution >= 0.6 is 11.3 Å². The SMILES string of the molecule is CC(C)(C)c1ccc(N(c2ccc(-c3ccccc3)cc2)c2cc3c4c(c2)N(c2ccc(C(C)(C)C)cc2)c2c(sc5ccc(C(C)(C)C)cc25)B4c2cc4c(cc2N3c2ccc3c(c2)C(C)(C)CCC3(C)C)C(C)(C)CCC4(C)C)cc1. The molecular weight excluding hydrogens is 1020 g/mol. The van der Waals surface area contributed by atoms with E-state index in [0.29, 0.717) is 0 Å². The molecule has 13 rings (SSSR count). The minimum absolute atomic E-state index is 0.00186. The molecule has 0 saturated carbocycles. The quantitative estimate of drug-likeness (QED) is 0.154. The van der Waals surface area contributed by atoms with Crippen LogP contribution in [0.15, 0.2) is 164 Å². The van der Waals surface area contributed by atoms with Gasteiger partial charge in [-0.05, 0) is 203 Å². The number of hydrogen-bond donors (Lipinski definition) is 0. The molecule has 422 valence electrons. The predicted molar refractivity (Wildman–Crippen MR) is 363 cm³/mol. The first-order valence-electron chi connectivity index (χ1n) is 30.9. The fourth-order valence-corrected chi connectivity index (χ4v) is 15.8. The topological polar surface area (TPSA) is 9.72 Å². The van der Waals surface area contributed by atoms with Crippen LogP contribution in [0.5, 0.6) is 0 Å². The molecule has 9 aromatic rings. The summed E-state index contributed by atoms with van der Waals surface area (Å²) in [6.07, 6.45) is 4.63. The van der Waals surface area contributed by atoms with Crippen LogP contribution in [0.25, 0.3) is 21.2 Å². The van der Waals surface area contributed by atoms with Crippen molar-refractivity contribution in [1.29, 1.82) is 0 Å². The van der Waals surface area contributed by atoms with Crippen molar-refractivity contribution in [3.05, 3.63) is 203 Å². The zero-order valence-corrected chi connectivity index (χ0v) is 53.6. The van der Waals surface area contributed by atoms with Gasteiger partial charge in [0.05, 0.1) is 11.4 Å². The second-order valence-electron chi connectivity index (χ2n) is 30.8. The lowest BCUT2D eigenvalue weighted by Gasteiger charge is -2.48. The van der Waals surface area contributed by atoms with Crippen LogP contribution in [-0.2, 0) is 37.9 Å². The maximum Gasteiger partial charge on any atom is 0.264 e. The fraction of sp³-hybridized carbons (Fsp3) is 0.359. The van der Waals surface area contributed by atoms with Crippen molar-refractivity contribution in [2.24, 2.45) is 0 Å². The Morgan fingerprint density at radius 3 is 1.45 bits per heavy atom. The van der Waals surface area contributed by atoms with E-state index in [4.69, 9.17) is 0 Å². The highest BCUT2D eigenvalue weighted by atomic mass is 32.1. The third-order valence-electron chi connectivity index (χ3n) is 20.1. The maximum atomic E-state index is 2.74. The third kappa shape index (κ3) is 9.20. The highest BCUT2D eigenvalue weighted by molar-refractivity contribution is 7.33. The van der Waals surface area contributed by atoms with E-state index in [1.807, 2.05) is 11.3 Å². The van der Waals surface area contributed by atoms with Gasteiger partial charge in [0.15, 0.2) is 0 Å². The molecule has 0 radical (unpaired) electrons. The lowest BCUT2D eigenvalue weighted by molar-refractivity contribution is 0.332. The number of benzene rings is 8. The first-order chi connectivity index (χ1) is 39.0. The van der Waals surface area contributed by atoms with Gasteiger partial charge in [0.25, 0.3) is 6.71 Å². The molecule has 2 aliphatic carbocycles. The second kappa shape index (κ2) is 18.8. The van der Waals surface area contributed by atoms with Crippen LogP contribution < -0.4 is 30.4 Å². The summed E-state index contributed by atoms with van der Waals surface area (Å²) in [5.74, 6) is 0. The second-order valence-corrected chi connectivity index (χ2v) is 31.9. The Balaban J connectivity index is 1.18. The van der Waals surface area contributed by atoms with Crippen LogP contribution in [0.1, 0.15) is 182 Å². The summed E-state index contributed by atoms with van der Waals surface area (Å²) in [5.41, 5.74) is 26.0. The normalized spacial score (nSPS) is 17.3. The smallest absolute Gasteiger partial charge is 0.264 e. The highest BCUT2D eigenvalue weighted by Gasteiger charge is 2.49. The van der Waals surface area contributed by atoms with Gasteiger partial charge in [-0.25, -0.2) is 0 Å². The van der Waals surface area contributed by atoms with Crippen molar-refractivity contribution in [3.8, 4) is 11.1 Å². The molecule has 3 heterocycles. The van der Waals surface area contributed by atoms with Crippen LogP contribution in [0.3, 0.4) is 0 Å². The molecule has 0 atom stereocenters. The van der Waals surface area contributed by atoms with Crippen LogP contribution in [0.4, 0.5) is 51.2 Å². The molecule has 3 nitrogen and oxygen atoms in total. The summed E-state index contributed by atoms with van der Waals surface area (Å²) < 4.78 is 2.75. The molecule has 1 aromatic heterocycles. The summed E-state index contributed by atoms with van der Waals surface area (Å²) in [5, 5.41) is 1.32. The molecule has 8 aromatic carbocycles. The molecule has 2 aliphatic heterocycles. The van der Waals surface area contributed by atoms with E-state index in [2.05, 4.69) is 296 Å². The third-order valence-corrected chi connectivity index (χ3v) is 21.3. The number of anilines is 9. The van der Waals surface area contributed by atoms with Gasteiger partial charge in [-0.2, -0.15) is 0 Å². The maximum absolute atomic E-state index is 2.74. The van der Waals surface area contributed by atoms with E-state index < -0.39 is 0 Å². The van der Waals surface area contributed by atoms with Gasteiger partial charge < -0.3 is 14.7 Å². The van der Waals surface area contributed by atoms with Crippen molar-refractivity contribution in [2.45, 2.75) is 181 Å². The fourth-order valence-electron chi connectivity index (χ4n) is 14.5. The van der Waals surface area contributed by atoms with Gasteiger partial charge >= 0.3 is 0 Å². The molecule has 4 aliphatic rings. The summed E-state index contributed by atoms with van der Waals surface area (Å²) in [6, 6.07) is 64.7. The van der Waals surface area contributed by atoms with E-state index in [1.54, 1.807) is 0 Å². The lowest BCUT2D eigenvalue weighted by atomic mass is 9.35. The van der Waals surface area contributed by atoms with Gasteiger partial charge in [0.1, 0.15) is 0 Å². The average molecular weight is 1110 g/mol. The average Bonchev–Trinajstić information content (AvgIpc) is 2.63. The summed E-state index contributed by atoms with van der Waals surface area (Å²) in [6.45, 7) is 40.9. The number of hydrogen-bond acceptors (Lipinski definition) is 4. The zero-order valence-electron chi connectivity index (χ0n) is 52.7. The van der Waals surface area contributed by atoms with E-state index in [0.717, 1.165) is 36.3 Å². The Labute approximate surface area is 501 Å². The number of rotatable bonds is 6. The Morgan fingerprint density at radius 2 is 0.880 bits per heavy atom. The van der Waals surface area contributed by atoms with Crippen LogP contribution in [-0.4, -0.2) is 6.71 Å². The first kappa shape index (κ1) is 55.4. The molecule has 0 bridgehead atoms. The number of thiophene rings is 1. The van der Waals surface area contributed by atoms with Crippen LogP contribution in [0.2, 0.25) is 0 Å². The van der Waals surface area contributed by atoms with Gasteiger partial charge in [-0.1, -0.05) is 203 Å². The van der Waals surface area contributed by atoms with Gasteiger partial charge in [-0.15, -0.1) is 11.3 Å². The summed E-state index contributed by atoms with van der Waals surface area (Å²) in [4.78, 5) is 7.97. The molecule has 0 amide bonds. The summed E-state index contributed by atoms with van der Waals surface area (Å²) in [7, 11) is 0. The molecule has 0 N–H and O–H groups in total. The van der Waals surface area contributed by atoms with Crippen molar-refractivity contribution >= 4 is 95.0 Å². The van der Waals surface area contributed by atoms with Gasteiger partial charge in [-0.3, -0.25) is 0 Å². The molecule has 83 heavy (non-hydrogen) atoms. The molecule has 0 unspecified atom stereocenters. The number of fused-ring (bicyclic) bond motifs is 8. The molecule has 0 saturated heterocycles. The minimum atomic E-state index is -0.0394. The number of nitrogens with zero attached hydrogens (tertiary/aromatic N) is 3. The predicted octanol–water partition coefficient (Wildman–Crippen LogP) is 20.7. The van der Waals surface area contributed by atoms with E-state index in [9.17, 15) is 0 Å². The van der Waals surface area contributed by atoms with Crippen molar-refractivity contribution in [2.75, 3.05) is 14.7 Å². The standard InChI is InChI=1S/C78H86BN3S/c1-72(2,3)51-25-32-55(33-26-51)80(54-30-23-50(24-31-54)49-21-19-18-20-22-49)58-45-66-69-67(46-58)82(56-34-27-52(28-35-56)73(4,5)6)70-59-43-53(74(7,8)9)29-38-68(59)83-71(70)79(69)64-47-62-63(78(16,17)42-41-77(62,14)15)48-65(64)81(66)57-36-37-60-61(44-57)76(12,13)40-39-75(60,10)11/h18-38,43-48H,39-42H2,1-17H3. The Hall–Kier alpha value is -6.82. The van der Waals surface area contributed by atoms with Gasteiger partial charge in [0.2, 0.25) is 0 Å².